The monoisotopic (exact) mass is 363 g/mol. The molecule has 0 N–H and O–H groups in total. The summed E-state index contributed by atoms with van der Waals surface area (Å²) >= 11 is 6.09. The van der Waals surface area contributed by atoms with Gasteiger partial charge in [-0.1, -0.05) is 29.8 Å². The second-order valence-electron chi connectivity index (χ2n) is 6.51. The van der Waals surface area contributed by atoms with Crippen molar-refractivity contribution in [2.45, 2.75) is 31.6 Å². The van der Waals surface area contributed by atoms with E-state index in [0.717, 1.165) is 36.1 Å². The van der Waals surface area contributed by atoms with E-state index in [9.17, 15) is 5.26 Å². The maximum absolute atomic E-state index is 9.18. The van der Waals surface area contributed by atoms with Gasteiger partial charge >= 0.3 is 0 Å². The zero-order valence-electron chi connectivity index (χ0n) is 14.2. The highest BCUT2D eigenvalue weighted by Crippen LogP contribution is 2.45. The lowest BCUT2D eigenvalue weighted by atomic mass is 9.81. The highest BCUT2D eigenvalue weighted by molar-refractivity contribution is 6.30. The third-order valence-electron chi connectivity index (χ3n) is 4.96. The van der Waals surface area contributed by atoms with Crippen LogP contribution in [-0.2, 0) is 23.5 Å². The molecule has 1 aliphatic rings. The first-order chi connectivity index (χ1) is 12.7. The Bertz CT molecular complexity index is 944. The minimum atomic E-state index is -0.505. The summed E-state index contributed by atoms with van der Waals surface area (Å²) in [7, 11) is 0. The molecule has 0 radical (unpaired) electrons. The van der Waals surface area contributed by atoms with Gasteiger partial charge in [0.1, 0.15) is 5.60 Å². The largest absolute Gasteiger partial charge is 0.361 e. The zero-order valence-corrected chi connectivity index (χ0v) is 15.0. The van der Waals surface area contributed by atoms with Crippen LogP contribution in [-0.4, -0.2) is 9.55 Å². The number of nitrogens with zero attached hydrogens (tertiary/aromatic N) is 3. The zero-order chi connectivity index (χ0) is 18.0. The van der Waals surface area contributed by atoms with Gasteiger partial charge in [0.15, 0.2) is 0 Å². The van der Waals surface area contributed by atoms with Crippen molar-refractivity contribution in [3.63, 3.8) is 0 Å². The number of ether oxygens (including phenoxy) is 1. The lowest BCUT2D eigenvalue weighted by molar-refractivity contribution is -0.0137. The van der Waals surface area contributed by atoms with Gasteiger partial charge in [-0.15, -0.1) is 0 Å². The molecule has 26 heavy (non-hydrogen) atoms. The third kappa shape index (κ3) is 3.01. The second kappa shape index (κ2) is 6.95. The Hall–Kier alpha value is -2.61. The Kier molecular flexibility index (Phi) is 4.50. The van der Waals surface area contributed by atoms with Crippen LogP contribution in [0.15, 0.2) is 61.2 Å². The minimum Gasteiger partial charge on any atom is -0.361 e. The molecule has 0 aliphatic carbocycles. The molecule has 0 bridgehead atoms. The molecule has 3 aromatic rings. The summed E-state index contributed by atoms with van der Waals surface area (Å²) in [5, 5.41) is 9.89. The van der Waals surface area contributed by atoms with Crippen LogP contribution in [0, 0.1) is 11.3 Å². The van der Waals surface area contributed by atoms with Crippen LogP contribution in [0.5, 0.6) is 0 Å². The summed E-state index contributed by atoms with van der Waals surface area (Å²) in [5.41, 5.74) is 3.48. The van der Waals surface area contributed by atoms with Crippen molar-refractivity contribution in [2.75, 3.05) is 0 Å². The van der Waals surface area contributed by atoms with E-state index in [1.807, 2.05) is 55.0 Å². The molecule has 1 atom stereocenters. The molecule has 1 aromatic heterocycles. The summed E-state index contributed by atoms with van der Waals surface area (Å²) in [4.78, 5) is 4.10. The summed E-state index contributed by atoms with van der Waals surface area (Å²) in [5.74, 6) is 0. The molecule has 4 rings (SSSR count). The van der Waals surface area contributed by atoms with Gasteiger partial charge in [0.05, 0.1) is 24.6 Å². The van der Waals surface area contributed by atoms with Crippen LogP contribution in [0.3, 0.4) is 0 Å². The smallest absolute Gasteiger partial charge is 0.119 e. The Morgan fingerprint density at radius 2 is 2.08 bits per heavy atom. The van der Waals surface area contributed by atoms with Gasteiger partial charge in [-0.05, 0) is 53.8 Å². The average Bonchev–Trinajstić information content (AvgIpc) is 3.31. The molecule has 2 aromatic carbocycles. The SMILES string of the molecule is N#Cc1ccc2c(c1)COC2(CCCn1ccnc1)c1ccc(Cl)cc1. The first-order valence-electron chi connectivity index (χ1n) is 8.60. The average molecular weight is 364 g/mol. The molecule has 0 saturated heterocycles. The van der Waals surface area contributed by atoms with Gasteiger partial charge in [-0.3, -0.25) is 0 Å². The molecule has 0 spiro atoms. The third-order valence-corrected chi connectivity index (χ3v) is 5.21. The molecule has 2 heterocycles. The maximum atomic E-state index is 9.18. The minimum absolute atomic E-state index is 0.505. The predicted octanol–water partition coefficient (Wildman–Crippen LogP) is 4.66. The van der Waals surface area contributed by atoms with Gasteiger partial charge in [0, 0.05) is 24.0 Å². The van der Waals surface area contributed by atoms with Gasteiger partial charge in [0.2, 0.25) is 0 Å². The van der Waals surface area contributed by atoms with Crippen molar-refractivity contribution in [3.05, 3.63) is 88.5 Å². The standard InChI is InChI=1S/C21H18ClN3O/c22-19-5-3-18(4-6-19)21(8-1-10-25-11-9-24-15-25)20-7-2-16(13-23)12-17(20)14-26-21/h2-7,9,11-12,15H,1,8,10,14H2. The summed E-state index contributed by atoms with van der Waals surface area (Å²) in [6.07, 6.45) is 7.37. The van der Waals surface area contributed by atoms with Gasteiger partial charge in [0.25, 0.3) is 0 Å². The number of hydrogen-bond donors (Lipinski definition) is 0. The number of halogens is 1. The van der Waals surface area contributed by atoms with Crippen LogP contribution >= 0.6 is 11.6 Å². The number of aromatic nitrogens is 2. The Balaban J connectivity index is 1.69. The number of fused-ring (bicyclic) bond motifs is 1. The lowest BCUT2D eigenvalue weighted by Crippen LogP contribution is -2.27. The van der Waals surface area contributed by atoms with E-state index in [-0.39, 0.29) is 0 Å². The fourth-order valence-corrected chi connectivity index (χ4v) is 3.82. The topological polar surface area (TPSA) is 50.8 Å². The van der Waals surface area contributed by atoms with Crippen molar-refractivity contribution in [1.29, 1.82) is 5.26 Å². The quantitative estimate of drug-likeness (QED) is 0.662. The van der Waals surface area contributed by atoms with Crippen molar-refractivity contribution in [1.82, 2.24) is 9.55 Å². The van der Waals surface area contributed by atoms with Crippen molar-refractivity contribution < 1.29 is 4.74 Å². The van der Waals surface area contributed by atoms with E-state index >= 15 is 0 Å². The normalized spacial score (nSPS) is 18.5. The van der Waals surface area contributed by atoms with E-state index in [0.29, 0.717) is 17.2 Å². The molecule has 5 heteroatoms. The fourth-order valence-electron chi connectivity index (χ4n) is 3.69. The molecule has 130 valence electrons. The highest BCUT2D eigenvalue weighted by atomic mass is 35.5. The first-order valence-corrected chi connectivity index (χ1v) is 8.98. The summed E-state index contributed by atoms with van der Waals surface area (Å²) in [6.45, 7) is 1.39. The predicted molar refractivity (Wildman–Crippen MR) is 99.6 cm³/mol. The summed E-state index contributed by atoms with van der Waals surface area (Å²) < 4.78 is 8.45. The van der Waals surface area contributed by atoms with Crippen LogP contribution < -0.4 is 0 Å². The first kappa shape index (κ1) is 16.8. The molecule has 0 saturated carbocycles. The Morgan fingerprint density at radius 1 is 1.23 bits per heavy atom. The molecular weight excluding hydrogens is 346 g/mol. The molecular formula is C21H18ClN3O. The van der Waals surface area contributed by atoms with Crippen molar-refractivity contribution in [2.24, 2.45) is 0 Å². The second-order valence-corrected chi connectivity index (χ2v) is 6.95. The number of imidazole rings is 1. The molecule has 0 amide bonds. The molecule has 1 unspecified atom stereocenters. The number of aryl methyl sites for hydroxylation is 1. The summed E-state index contributed by atoms with van der Waals surface area (Å²) in [6, 6.07) is 15.9. The molecule has 4 nitrogen and oxygen atoms in total. The number of nitriles is 1. The van der Waals surface area contributed by atoms with Crippen LogP contribution in [0.1, 0.15) is 35.1 Å². The number of rotatable bonds is 5. The van der Waals surface area contributed by atoms with Crippen molar-refractivity contribution >= 4 is 11.6 Å². The Morgan fingerprint density at radius 3 is 2.81 bits per heavy atom. The van der Waals surface area contributed by atoms with E-state index in [1.165, 1.54) is 0 Å². The number of hydrogen-bond acceptors (Lipinski definition) is 3. The maximum Gasteiger partial charge on any atom is 0.119 e. The highest BCUT2D eigenvalue weighted by Gasteiger charge is 2.41. The lowest BCUT2D eigenvalue weighted by Gasteiger charge is -2.31. The van der Waals surface area contributed by atoms with E-state index in [4.69, 9.17) is 16.3 Å². The Labute approximate surface area is 157 Å². The van der Waals surface area contributed by atoms with E-state index < -0.39 is 5.60 Å². The van der Waals surface area contributed by atoms with Crippen LogP contribution in [0.4, 0.5) is 0 Å². The van der Waals surface area contributed by atoms with Gasteiger partial charge < -0.3 is 9.30 Å². The molecule has 1 aliphatic heterocycles. The van der Waals surface area contributed by atoms with Crippen molar-refractivity contribution in [3.8, 4) is 6.07 Å². The fraction of sp³-hybridized carbons (Fsp3) is 0.238. The van der Waals surface area contributed by atoms with E-state index in [2.05, 4.69) is 15.6 Å². The number of benzene rings is 2. The van der Waals surface area contributed by atoms with Gasteiger partial charge in [-0.2, -0.15) is 5.26 Å². The van der Waals surface area contributed by atoms with Gasteiger partial charge in [-0.25, -0.2) is 4.98 Å². The van der Waals surface area contributed by atoms with Crippen LogP contribution in [0.25, 0.3) is 0 Å². The van der Waals surface area contributed by atoms with Crippen LogP contribution in [0.2, 0.25) is 5.02 Å². The molecule has 0 fully saturated rings. The van der Waals surface area contributed by atoms with E-state index in [1.54, 1.807) is 6.20 Å².